The molecule has 2 heterocycles. The van der Waals surface area contributed by atoms with Gasteiger partial charge in [0.25, 0.3) is 0 Å². The van der Waals surface area contributed by atoms with E-state index in [0.717, 1.165) is 66.3 Å². The van der Waals surface area contributed by atoms with Gasteiger partial charge in [-0.3, -0.25) is 5.32 Å². The van der Waals surface area contributed by atoms with Crippen LogP contribution in [-0.4, -0.2) is 55.3 Å². The van der Waals surface area contributed by atoms with Crippen LogP contribution in [0.15, 0.2) is 66.7 Å². The zero-order valence-electron chi connectivity index (χ0n) is 23.2. The molecule has 1 saturated heterocycles. The monoisotopic (exact) mass is 528 g/mol. The van der Waals surface area contributed by atoms with E-state index in [4.69, 9.17) is 14.6 Å². The van der Waals surface area contributed by atoms with E-state index in [1.807, 2.05) is 73.7 Å². The van der Waals surface area contributed by atoms with Crippen LogP contribution in [0.5, 0.6) is 5.75 Å². The van der Waals surface area contributed by atoms with Gasteiger partial charge in [0.15, 0.2) is 0 Å². The Kier molecular flexibility index (Phi) is 7.86. The summed E-state index contributed by atoms with van der Waals surface area (Å²) in [5.74, 6) is 1.42. The maximum Gasteiger partial charge on any atom is 0.324 e. The first-order valence-corrected chi connectivity index (χ1v) is 13.6. The Balaban J connectivity index is 1.33. The number of carbonyl (C=O) groups is 1. The summed E-state index contributed by atoms with van der Waals surface area (Å²) >= 11 is 0. The lowest BCUT2D eigenvalue weighted by Gasteiger charge is -2.23. The molecule has 1 aliphatic rings. The number of benzene rings is 3. The van der Waals surface area contributed by atoms with Gasteiger partial charge in [-0.15, -0.1) is 0 Å². The SMILES string of the molecule is Cc1ccc(-n2nc(C(C)(C)C)cc2NC(=O)Nc2ccc(OCC[NH+]3CCOCC3)c3ccccc23)cc1. The Morgan fingerprint density at radius 3 is 2.44 bits per heavy atom. The van der Waals surface area contributed by atoms with Gasteiger partial charge < -0.3 is 19.7 Å². The zero-order valence-corrected chi connectivity index (χ0v) is 23.2. The number of ether oxygens (including phenoxy) is 2. The molecular weight excluding hydrogens is 490 g/mol. The van der Waals surface area contributed by atoms with E-state index >= 15 is 0 Å². The molecule has 1 aliphatic heterocycles. The number of nitrogens with one attached hydrogen (secondary N) is 3. The summed E-state index contributed by atoms with van der Waals surface area (Å²) in [6.45, 7) is 13.6. The first kappa shape index (κ1) is 26.7. The Morgan fingerprint density at radius 1 is 1.00 bits per heavy atom. The first-order chi connectivity index (χ1) is 18.8. The van der Waals surface area contributed by atoms with Crippen LogP contribution in [0.25, 0.3) is 16.5 Å². The minimum atomic E-state index is -0.335. The molecule has 8 nitrogen and oxygen atoms in total. The number of morpholine rings is 1. The number of aryl methyl sites for hydroxylation is 1. The number of hydrogen-bond acceptors (Lipinski definition) is 4. The minimum absolute atomic E-state index is 0.168. The maximum atomic E-state index is 13.2. The fourth-order valence-electron chi connectivity index (χ4n) is 4.71. The van der Waals surface area contributed by atoms with E-state index in [9.17, 15) is 4.79 Å². The number of rotatable bonds is 7. The second-order valence-corrected chi connectivity index (χ2v) is 11.1. The number of hydrogen-bond donors (Lipinski definition) is 3. The predicted molar refractivity (Wildman–Crippen MR) is 155 cm³/mol. The fraction of sp³-hybridized carbons (Fsp3) is 0.355. The van der Waals surface area contributed by atoms with Crippen molar-refractivity contribution in [2.45, 2.75) is 33.1 Å². The number of urea groups is 1. The molecule has 0 spiro atoms. The Hall–Kier alpha value is -3.88. The summed E-state index contributed by atoms with van der Waals surface area (Å²) in [5.41, 5.74) is 3.49. The fourth-order valence-corrected chi connectivity index (χ4v) is 4.71. The summed E-state index contributed by atoms with van der Waals surface area (Å²) in [7, 11) is 0. The van der Waals surface area contributed by atoms with Crippen molar-refractivity contribution in [3.63, 3.8) is 0 Å². The summed E-state index contributed by atoms with van der Waals surface area (Å²) < 4.78 is 13.4. The van der Waals surface area contributed by atoms with E-state index in [1.165, 1.54) is 4.90 Å². The molecule has 8 heteroatoms. The third-order valence-corrected chi connectivity index (χ3v) is 7.04. The second kappa shape index (κ2) is 11.5. The van der Waals surface area contributed by atoms with Crippen LogP contribution in [-0.2, 0) is 10.2 Å². The topological polar surface area (TPSA) is 81.9 Å². The molecule has 39 heavy (non-hydrogen) atoms. The molecule has 0 unspecified atom stereocenters. The lowest BCUT2D eigenvalue weighted by atomic mass is 9.92. The van der Waals surface area contributed by atoms with Gasteiger partial charge in [0, 0.05) is 22.3 Å². The molecule has 1 aromatic heterocycles. The van der Waals surface area contributed by atoms with Crippen molar-refractivity contribution >= 4 is 28.3 Å². The maximum absolute atomic E-state index is 13.2. The van der Waals surface area contributed by atoms with Crippen LogP contribution in [0, 0.1) is 6.92 Å². The molecule has 5 rings (SSSR count). The van der Waals surface area contributed by atoms with Gasteiger partial charge in [0.2, 0.25) is 0 Å². The van der Waals surface area contributed by atoms with Gasteiger partial charge in [-0.1, -0.05) is 62.7 Å². The van der Waals surface area contributed by atoms with Crippen LogP contribution >= 0.6 is 0 Å². The number of amides is 2. The molecule has 0 aliphatic carbocycles. The van der Waals surface area contributed by atoms with Gasteiger partial charge in [-0.25, -0.2) is 9.48 Å². The van der Waals surface area contributed by atoms with Gasteiger partial charge >= 0.3 is 6.03 Å². The third kappa shape index (κ3) is 6.41. The average Bonchev–Trinajstić information content (AvgIpc) is 3.35. The molecule has 1 fully saturated rings. The number of carbonyl (C=O) groups excluding carboxylic acids is 1. The van der Waals surface area contributed by atoms with Crippen molar-refractivity contribution in [3.8, 4) is 11.4 Å². The normalized spacial score (nSPS) is 14.4. The molecular formula is C31H38N5O3+. The second-order valence-electron chi connectivity index (χ2n) is 11.1. The van der Waals surface area contributed by atoms with Gasteiger partial charge in [-0.05, 0) is 31.2 Å². The molecule has 2 amide bonds. The van der Waals surface area contributed by atoms with E-state index in [0.29, 0.717) is 18.1 Å². The first-order valence-electron chi connectivity index (χ1n) is 13.6. The van der Waals surface area contributed by atoms with Crippen LogP contribution < -0.4 is 20.3 Å². The standard InChI is InChI=1S/C31H37N5O3/c1-22-9-11-23(12-10-22)36-29(21-28(34-36)31(2,3)4)33-30(37)32-26-13-14-27(25-8-6-5-7-24(25)26)39-20-17-35-15-18-38-19-16-35/h5-14,21H,15-20H2,1-4H3,(H2,32,33,37)/p+1. The number of quaternary nitrogens is 1. The number of fused-ring (bicyclic) bond motifs is 1. The summed E-state index contributed by atoms with van der Waals surface area (Å²) in [6.07, 6.45) is 0. The smallest absolute Gasteiger partial charge is 0.324 e. The van der Waals surface area contributed by atoms with Gasteiger partial charge in [-0.2, -0.15) is 5.10 Å². The van der Waals surface area contributed by atoms with Crippen LogP contribution in [0.2, 0.25) is 0 Å². The predicted octanol–water partition coefficient (Wildman–Crippen LogP) is 4.57. The molecule has 0 saturated carbocycles. The van der Waals surface area contributed by atoms with E-state index in [1.54, 1.807) is 4.68 Å². The molecule has 0 atom stereocenters. The lowest BCUT2D eigenvalue weighted by Crippen LogP contribution is -3.14. The Bertz CT molecular complexity index is 1430. The zero-order chi connectivity index (χ0) is 27.4. The molecule has 3 N–H and O–H groups in total. The van der Waals surface area contributed by atoms with Crippen molar-refractivity contribution in [1.29, 1.82) is 0 Å². The van der Waals surface area contributed by atoms with Gasteiger partial charge in [0.05, 0.1) is 30.3 Å². The molecule has 4 aromatic rings. The highest BCUT2D eigenvalue weighted by molar-refractivity contribution is 6.07. The Morgan fingerprint density at radius 2 is 1.72 bits per heavy atom. The number of aromatic nitrogens is 2. The van der Waals surface area contributed by atoms with E-state index in [2.05, 4.69) is 31.4 Å². The van der Waals surface area contributed by atoms with E-state index < -0.39 is 0 Å². The minimum Gasteiger partial charge on any atom is -0.487 e. The van der Waals surface area contributed by atoms with Crippen molar-refractivity contribution in [3.05, 3.63) is 78.0 Å². The van der Waals surface area contributed by atoms with Crippen molar-refractivity contribution in [2.24, 2.45) is 0 Å². The molecule has 0 radical (unpaired) electrons. The molecule has 0 bridgehead atoms. The third-order valence-electron chi connectivity index (χ3n) is 7.04. The van der Waals surface area contributed by atoms with Gasteiger partial charge in [0.1, 0.15) is 37.8 Å². The largest absolute Gasteiger partial charge is 0.487 e. The van der Waals surface area contributed by atoms with Crippen LogP contribution in [0.1, 0.15) is 32.0 Å². The highest BCUT2D eigenvalue weighted by Crippen LogP contribution is 2.32. The average molecular weight is 529 g/mol. The molecule has 204 valence electrons. The highest BCUT2D eigenvalue weighted by atomic mass is 16.5. The van der Waals surface area contributed by atoms with E-state index in [-0.39, 0.29) is 11.4 Å². The number of nitrogens with zero attached hydrogens (tertiary/aromatic N) is 2. The quantitative estimate of drug-likeness (QED) is 0.328. The molecule has 3 aromatic carbocycles. The summed E-state index contributed by atoms with van der Waals surface area (Å²) in [4.78, 5) is 14.7. The number of anilines is 2. The van der Waals surface area contributed by atoms with Crippen LogP contribution in [0.3, 0.4) is 0 Å². The highest BCUT2D eigenvalue weighted by Gasteiger charge is 2.22. The van der Waals surface area contributed by atoms with Crippen LogP contribution in [0.4, 0.5) is 16.3 Å². The van der Waals surface area contributed by atoms with Crippen molar-refractivity contribution < 1.29 is 19.2 Å². The summed E-state index contributed by atoms with van der Waals surface area (Å²) in [5, 5.41) is 12.8. The lowest BCUT2D eigenvalue weighted by molar-refractivity contribution is -0.908. The van der Waals surface area contributed by atoms with Crippen molar-refractivity contribution in [1.82, 2.24) is 9.78 Å². The Labute approximate surface area is 229 Å². The van der Waals surface area contributed by atoms with Crippen molar-refractivity contribution in [2.75, 3.05) is 50.1 Å². The summed E-state index contributed by atoms with van der Waals surface area (Å²) in [6, 6.07) is 21.5.